The second kappa shape index (κ2) is 2.88. The predicted octanol–water partition coefficient (Wildman–Crippen LogP) is 0.864. The Bertz CT molecular complexity index is 285. The van der Waals surface area contributed by atoms with Crippen molar-refractivity contribution in [1.82, 2.24) is 5.32 Å². The molecular formula is C10H13NO. The average molecular weight is 163 g/mol. The molecule has 1 aromatic carbocycles. The molecule has 0 radical (unpaired) electrons. The zero-order valence-corrected chi connectivity index (χ0v) is 7.12. The SMILES string of the molecule is CN[C@@H]1Cc2ccccc2[C@H]1O. The van der Waals surface area contributed by atoms with Crippen molar-refractivity contribution < 1.29 is 5.11 Å². The van der Waals surface area contributed by atoms with E-state index in [4.69, 9.17) is 0 Å². The van der Waals surface area contributed by atoms with Crippen LogP contribution >= 0.6 is 0 Å². The highest BCUT2D eigenvalue weighted by Gasteiger charge is 2.28. The van der Waals surface area contributed by atoms with E-state index >= 15 is 0 Å². The molecule has 0 bridgehead atoms. The molecule has 2 heteroatoms. The minimum Gasteiger partial charge on any atom is -0.387 e. The van der Waals surface area contributed by atoms with Crippen LogP contribution < -0.4 is 5.32 Å². The third-order valence-electron chi connectivity index (χ3n) is 2.57. The van der Waals surface area contributed by atoms with E-state index in [-0.39, 0.29) is 12.1 Å². The summed E-state index contributed by atoms with van der Waals surface area (Å²) in [7, 11) is 1.89. The Balaban J connectivity index is 2.35. The first kappa shape index (κ1) is 7.77. The highest BCUT2D eigenvalue weighted by molar-refractivity contribution is 5.35. The fourth-order valence-electron chi connectivity index (χ4n) is 1.83. The second-order valence-corrected chi connectivity index (χ2v) is 3.24. The molecular weight excluding hydrogens is 150 g/mol. The molecule has 1 aromatic rings. The molecule has 0 heterocycles. The van der Waals surface area contributed by atoms with Crippen LogP contribution in [0.15, 0.2) is 24.3 Å². The Morgan fingerprint density at radius 2 is 2.17 bits per heavy atom. The Labute approximate surface area is 72.2 Å². The largest absolute Gasteiger partial charge is 0.387 e. The summed E-state index contributed by atoms with van der Waals surface area (Å²) in [6.45, 7) is 0. The van der Waals surface area contributed by atoms with Crippen molar-refractivity contribution in [1.29, 1.82) is 0 Å². The first-order valence-electron chi connectivity index (χ1n) is 4.26. The summed E-state index contributed by atoms with van der Waals surface area (Å²) in [4.78, 5) is 0. The van der Waals surface area contributed by atoms with Crippen molar-refractivity contribution in [3.05, 3.63) is 35.4 Å². The number of benzene rings is 1. The maximum Gasteiger partial charge on any atom is 0.0948 e. The molecule has 1 aliphatic carbocycles. The summed E-state index contributed by atoms with van der Waals surface area (Å²) in [5.41, 5.74) is 2.35. The lowest BCUT2D eigenvalue weighted by atomic mass is 10.1. The van der Waals surface area contributed by atoms with E-state index in [0.717, 1.165) is 12.0 Å². The first-order valence-corrected chi connectivity index (χ1v) is 4.26. The van der Waals surface area contributed by atoms with Crippen LogP contribution in [0.25, 0.3) is 0 Å². The Hall–Kier alpha value is -0.860. The van der Waals surface area contributed by atoms with E-state index in [0.29, 0.717) is 0 Å². The van der Waals surface area contributed by atoms with Crippen molar-refractivity contribution in [3.8, 4) is 0 Å². The molecule has 2 N–H and O–H groups in total. The van der Waals surface area contributed by atoms with Gasteiger partial charge in [0.2, 0.25) is 0 Å². The average Bonchev–Trinajstić information content (AvgIpc) is 2.44. The van der Waals surface area contributed by atoms with Crippen molar-refractivity contribution in [3.63, 3.8) is 0 Å². The second-order valence-electron chi connectivity index (χ2n) is 3.24. The first-order chi connectivity index (χ1) is 5.83. The molecule has 0 fully saturated rings. The van der Waals surface area contributed by atoms with Gasteiger partial charge in [0, 0.05) is 6.04 Å². The summed E-state index contributed by atoms with van der Waals surface area (Å²) >= 11 is 0. The van der Waals surface area contributed by atoms with Crippen LogP contribution in [0.4, 0.5) is 0 Å². The molecule has 0 saturated heterocycles. The standard InChI is InChI=1S/C10H13NO/c1-11-9-6-7-4-2-3-5-8(7)10(9)12/h2-5,9-12H,6H2,1H3/t9-,10-/m1/s1. The van der Waals surface area contributed by atoms with Gasteiger partial charge in [-0.25, -0.2) is 0 Å². The van der Waals surface area contributed by atoms with Gasteiger partial charge in [0.25, 0.3) is 0 Å². The van der Waals surface area contributed by atoms with Gasteiger partial charge in [-0.15, -0.1) is 0 Å². The molecule has 0 spiro atoms. The van der Waals surface area contributed by atoms with Gasteiger partial charge >= 0.3 is 0 Å². The van der Waals surface area contributed by atoms with Crippen molar-refractivity contribution in [2.75, 3.05) is 7.05 Å². The van der Waals surface area contributed by atoms with Crippen LogP contribution in [0.1, 0.15) is 17.2 Å². The highest BCUT2D eigenvalue weighted by Crippen LogP contribution is 2.30. The molecule has 64 valence electrons. The van der Waals surface area contributed by atoms with Gasteiger partial charge in [0.1, 0.15) is 0 Å². The normalized spacial score (nSPS) is 27.2. The minimum absolute atomic E-state index is 0.197. The summed E-state index contributed by atoms with van der Waals surface area (Å²) in [5, 5.41) is 12.9. The number of fused-ring (bicyclic) bond motifs is 1. The fourth-order valence-corrected chi connectivity index (χ4v) is 1.83. The molecule has 0 amide bonds. The molecule has 2 rings (SSSR count). The van der Waals surface area contributed by atoms with Crippen LogP contribution in [-0.2, 0) is 6.42 Å². The van der Waals surface area contributed by atoms with Crippen LogP contribution in [0.3, 0.4) is 0 Å². The number of aliphatic hydroxyl groups excluding tert-OH is 1. The van der Waals surface area contributed by atoms with Gasteiger partial charge < -0.3 is 10.4 Å². The lowest BCUT2D eigenvalue weighted by Crippen LogP contribution is -2.29. The molecule has 0 unspecified atom stereocenters. The lowest BCUT2D eigenvalue weighted by molar-refractivity contribution is 0.146. The molecule has 12 heavy (non-hydrogen) atoms. The van der Waals surface area contributed by atoms with Crippen LogP contribution in [0, 0.1) is 0 Å². The van der Waals surface area contributed by atoms with Gasteiger partial charge in [-0.1, -0.05) is 24.3 Å². The van der Waals surface area contributed by atoms with E-state index in [2.05, 4.69) is 11.4 Å². The maximum absolute atomic E-state index is 9.78. The summed E-state index contributed by atoms with van der Waals surface area (Å²) < 4.78 is 0. The quantitative estimate of drug-likeness (QED) is 0.643. The number of rotatable bonds is 1. The van der Waals surface area contributed by atoms with Gasteiger partial charge in [-0.05, 0) is 24.6 Å². The lowest BCUT2D eigenvalue weighted by Gasteiger charge is -2.12. The summed E-state index contributed by atoms with van der Waals surface area (Å²) in [6.07, 6.45) is 0.611. The Morgan fingerprint density at radius 1 is 1.42 bits per heavy atom. The fraction of sp³-hybridized carbons (Fsp3) is 0.400. The number of hydrogen-bond donors (Lipinski definition) is 2. The zero-order chi connectivity index (χ0) is 8.55. The number of nitrogens with one attached hydrogen (secondary N) is 1. The maximum atomic E-state index is 9.78. The molecule has 0 aromatic heterocycles. The monoisotopic (exact) mass is 163 g/mol. The molecule has 0 aliphatic heterocycles. The predicted molar refractivity (Wildman–Crippen MR) is 48.0 cm³/mol. The van der Waals surface area contributed by atoms with Crippen LogP contribution in [0.5, 0.6) is 0 Å². The van der Waals surface area contributed by atoms with Gasteiger partial charge in [0.15, 0.2) is 0 Å². The van der Waals surface area contributed by atoms with Crippen molar-refractivity contribution in [2.24, 2.45) is 0 Å². The number of aliphatic hydroxyl groups is 1. The smallest absolute Gasteiger partial charge is 0.0948 e. The Morgan fingerprint density at radius 3 is 2.83 bits per heavy atom. The van der Waals surface area contributed by atoms with Gasteiger partial charge in [0.05, 0.1) is 6.10 Å². The molecule has 0 saturated carbocycles. The topological polar surface area (TPSA) is 32.3 Å². The van der Waals surface area contributed by atoms with Gasteiger partial charge in [-0.3, -0.25) is 0 Å². The molecule has 2 atom stereocenters. The van der Waals surface area contributed by atoms with E-state index in [1.165, 1.54) is 5.56 Å². The number of likely N-dealkylation sites (N-methyl/N-ethyl adjacent to an activating group) is 1. The molecule has 1 aliphatic rings. The number of hydrogen-bond acceptors (Lipinski definition) is 2. The van der Waals surface area contributed by atoms with E-state index in [1.54, 1.807) is 0 Å². The summed E-state index contributed by atoms with van der Waals surface area (Å²) in [6, 6.07) is 8.26. The van der Waals surface area contributed by atoms with Crippen molar-refractivity contribution in [2.45, 2.75) is 18.6 Å². The van der Waals surface area contributed by atoms with E-state index in [1.807, 2.05) is 25.2 Å². The summed E-state index contributed by atoms with van der Waals surface area (Å²) in [5.74, 6) is 0. The Kier molecular flexibility index (Phi) is 1.87. The van der Waals surface area contributed by atoms with E-state index in [9.17, 15) is 5.11 Å². The zero-order valence-electron chi connectivity index (χ0n) is 7.12. The van der Waals surface area contributed by atoms with Gasteiger partial charge in [-0.2, -0.15) is 0 Å². The third kappa shape index (κ3) is 1.04. The van der Waals surface area contributed by atoms with Crippen LogP contribution in [0.2, 0.25) is 0 Å². The minimum atomic E-state index is -0.328. The molecule has 2 nitrogen and oxygen atoms in total. The van der Waals surface area contributed by atoms with Crippen LogP contribution in [-0.4, -0.2) is 18.2 Å². The third-order valence-corrected chi connectivity index (χ3v) is 2.57. The highest BCUT2D eigenvalue weighted by atomic mass is 16.3. The van der Waals surface area contributed by atoms with E-state index < -0.39 is 0 Å². The van der Waals surface area contributed by atoms with Crippen molar-refractivity contribution >= 4 is 0 Å².